The summed E-state index contributed by atoms with van der Waals surface area (Å²) in [6, 6.07) is 16.1. The van der Waals surface area contributed by atoms with Gasteiger partial charge in [0.2, 0.25) is 0 Å². The molecule has 4 aromatic rings. The molecule has 0 aliphatic carbocycles. The highest BCUT2D eigenvalue weighted by Crippen LogP contribution is 2.22. The summed E-state index contributed by atoms with van der Waals surface area (Å²) < 4.78 is 32.7. The smallest absolute Gasteiger partial charge is 0.255 e. The molecule has 34 heavy (non-hydrogen) atoms. The molecule has 4 nitrogen and oxygen atoms in total. The molecule has 1 heterocycles. The van der Waals surface area contributed by atoms with E-state index in [-0.39, 0.29) is 17.6 Å². The highest BCUT2D eigenvalue weighted by Gasteiger charge is 2.15. The van der Waals surface area contributed by atoms with Crippen LogP contribution in [0.1, 0.15) is 40.9 Å². The number of fused-ring (bicyclic) bond motifs is 1. The van der Waals surface area contributed by atoms with Crippen LogP contribution in [-0.4, -0.2) is 23.5 Å². The molecule has 0 fully saturated rings. The van der Waals surface area contributed by atoms with E-state index in [1.807, 2.05) is 44.3 Å². The Kier molecular flexibility index (Phi) is 6.93. The number of aromatic amines is 1. The molecule has 172 valence electrons. The van der Waals surface area contributed by atoms with Gasteiger partial charge in [0.25, 0.3) is 5.91 Å². The lowest BCUT2D eigenvalue weighted by Gasteiger charge is -2.14. The Morgan fingerprint density at radius 1 is 1.00 bits per heavy atom. The van der Waals surface area contributed by atoms with Crippen molar-refractivity contribution in [3.05, 3.63) is 101 Å². The van der Waals surface area contributed by atoms with E-state index in [1.54, 1.807) is 18.2 Å². The molecule has 2 N–H and O–H groups in total. The van der Waals surface area contributed by atoms with Crippen LogP contribution in [0, 0.1) is 23.5 Å². The number of carbonyl (C=O) groups excluding carboxylic acids is 1. The van der Waals surface area contributed by atoms with Gasteiger partial charge in [-0.25, -0.2) is 8.78 Å². The number of benzene rings is 3. The number of carbonyl (C=O) groups is 1. The number of aromatic nitrogens is 1. The molecule has 0 aliphatic heterocycles. The van der Waals surface area contributed by atoms with E-state index in [1.165, 1.54) is 0 Å². The van der Waals surface area contributed by atoms with Crippen LogP contribution in [0.15, 0.2) is 66.9 Å². The average Bonchev–Trinajstić information content (AvgIpc) is 3.20. The van der Waals surface area contributed by atoms with Crippen molar-refractivity contribution in [1.82, 2.24) is 10.3 Å². The maximum Gasteiger partial charge on any atom is 0.255 e. The first-order valence-corrected chi connectivity index (χ1v) is 11.0. The molecule has 0 bridgehead atoms. The Labute approximate surface area is 197 Å². The minimum atomic E-state index is -0.694. The number of para-hydroxylation sites is 1. The number of amides is 1. The molecule has 1 aromatic heterocycles. The minimum absolute atomic E-state index is 0.120. The molecule has 0 saturated heterocycles. The van der Waals surface area contributed by atoms with Crippen LogP contribution in [0.2, 0.25) is 0 Å². The van der Waals surface area contributed by atoms with Gasteiger partial charge in [-0.15, -0.1) is 0 Å². The maximum atomic E-state index is 13.4. The first-order valence-electron chi connectivity index (χ1n) is 11.0. The van der Waals surface area contributed by atoms with E-state index in [2.05, 4.69) is 22.1 Å². The molecule has 1 amide bonds. The van der Waals surface area contributed by atoms with Gasteiger partial charge in [-0.2, -0.15) is 0 Å². The van der Waals surface area contributed by atoms with Crippen molar-refractivity contribution in [2.45, 2.75) is 26.4 Å². The molecule has 0 radical (unpaired) electrons. The lowest BCUT2D eigenvalue weighted by atomic mass is 10.1. The lowest BCUT2D eigenvalue weighted by Crippen LogP contribution is -2.26. The van der Waals surface area contributed by atoms with Gasteiger partial charge >= 0.3 is 0 Å². The van der Waals surface area contributed by atoms with Gasteiger partial charge in [-0.1, -0.05) is 30.0 Å². The molecule has 0 saturated carbocycles. The van der Waals surface area contributed by atoms with Crippen molar-refractivity contribution in [3.63, 3.8) is 0 Å². The van der Waals surface area contributed by atoms with Crippen molar-refractivity contribution in [3.8, 4) is 17.6 Å². The van der Waals surface area contributed by atoms with Crippen molar-refractivity contribution in [2.75, 3.05) is 6.54 Å². The first kappa shape index (κ1) is 23.1. The summed E-state index contributed by atoms with van der Waals surface area (Å²) >= 11 is 0. The average molecular weight is 459 g/mol. The van der Waals surface area contributed by atoms with Gasteiger partial charge in [0.1, 0.15) is 17.4 Å². The van der Waals surface area contributed by atoms with Crippen LogP contribution in [-0.2, 0) is 6.42 Å². The van der Waals surface area contributed by atoms with Crippen LogP contribution in [0.25, 0.3) is 10.9 Å². The second kappa shape index (κ2) is 10.2. The zero-order valence-corrected chi connectivity index (χ0v) is 18.9. The van der Waals surface area contributed by atoms with Crippen molar-refractivity contribution < 1.29 is 18.3 Å². The van der Waals surface area contributed by atoms with E-state index in [0.717, 1.165) is 34.7 Å². The fourth-order valence-corrected chi connectivity index (χ4v) is 3.66. The van der Waals surface area contributed by atoms with Crippen LogP contribution in [0.4, 0.5) is 8.78 Å². The highest BCUT2D eigenvalue weighted by molar-refractivity contribution is 5.97. The Bertz CT molecular complexity index is 1380. The molecule has 0 atom stereocenters. The topological polar surface area (TPSA) is 54.1 Å². The van der Waals surface area contributed by atoms with Crippen LogP contribution < -0.4 is 10.1 Å². The second-order valence-corrected chi connectivity index (χ2v) is 8.15. The number of hydrogen-bond acceptors (Lipinski definition) is 2. The third-order valence-corrected chi connectivity index (χ3v) is 5.16. The van der Waals surface area contributed by atoms with Gasteiger partial charge in [0, 0.05) is 40.8 Å². The van der Waals surface area contributed by atoms with E-state index < -0.39 is 11.6 Å². The Balaban J connectivity index is 1.52. The molecular formula is C28H24F2N2O2. The summed E-state index contributed by atoms with van der Waals surface area (Å²) in [6.45, 7) is 4.20. The SMILES string of the molecule is CC(C)Oc1ccc(C#Cc2cc(F)cc(F)c2)cc1C(=O)NCCc1c[nH]c2ccccc12. The third kappa shape index (κ3) is 5.62. The second-order valence-electron chi connectivity index (χ2n) is 8.15. The third-order valence-electron chi connectivity index (χ3n) is 5.16. The van der Waals surface area contributed by atoms with Crippen molar-refractivity contribution >= 4 is 16.8 Å². The van der Waals surface area contributed by atoms with Gasteiger partial charge in [0.15, 0.2) is 0 Å². The number of ether oxygens (including phenoxy) is 1. The van der Waals surface area contributed by atoms with E-state index in [9.17, 15) is 13.6 Å². The number of halogens is 2. The zero-order chi connectivity index (χ0) is 24.1. The maximum absolute atomic E-state index is 13.4. The molecule has 4 rings (SSSR count). The molecule has 6 heteroatoms. The molecule has 3 aromatic carbocycles. The Morgan fingerprint density at radius 3 is 2.50 bits per heavy atom. The fraction of sp³-hybridized carbons (Fsp3) is 0.179. The normalized spacial score (nSPS) is 10.7. The lowest BCUT2D eigenvalue weighted by molar-refractivity contribution is 0.0948. The van der Waals surface area contributed by atoms with Crippen LogP contribution in [0.5, 0.6) is 5.75 Å². The molecule has 0 unspecified atom stereocenters. The van der Waals surface area contributed by atoms with E-state index >= 15 is 0 Å². The Morgan fingerprint density at radius 2 is 1.74 bits per heavy atom. The summed E-state index contributed by atoms with van der Waals surface area (Å²) in [5.74, 6) is 4.38. The Hall–Kier alpha value is -4.11. The fourth-order valence-electron chi connectivity index (χ4n) is 3.66. The van der Waals surface area contributed by atoms with Crippen LogP contribution in [0.3, 0.4) is 0 Å². The van der Waals surface area contributed by atoms with Crippen molar-refractivity contribution in [2.24, 2.45) is 0 Å². The van der Waals surface area contributed by atoms with Gasteiger partial charge in [-0.05, 0) is 62.2 Å². The van der Waals surface area contributed by atoms with Crippen molar-refractivity contribution in [1.29, 1.82) is 0 Å². The molecule has 0 aliphatic rings. The van der Waals surface area contributed by atoms with E-state index in [0.29, 0.717) is 29.8 Å². The summed E-state index contributed by atoms with van der Waals surface area (Å²) in [4.78, 5) is 16.2. The highest BCUT2D eigenvalue weighted by atomic mass is 19.1. The summed E-state index contributed by atoms with van der Waals surface area (Å²) in [6.07, 6.45) is 2.50. The predicted octanol–water partition coefficient (Wildman–Crippen LogP) is 5.61. The monoisotopic (exact) mass is 458 g/mol. The summed E-state index contributed by atoms with van der Waals surface area (Å²) in [7, 11) is 0. The summed E-state index contributed by atoms with van der Waals surface area (Å²) in [5.41, 5.74) is 3.27. The molecule has 0 spiro atoms. The van der Waals surface area contributed by atoms with Gasteiger partial charge < -0.3 is 15.0 Å². The minimum Gasteiger partial charge on any atom is -0.490 e. The predicted molar refractivity (Wildman–Crippen MR) is 129 cm³/mol. The van der Waals surface area contributed by atoms with Crippen LogP contribution >= 0.6 is 0 Å². The van der Waals surface area contributed by atoms with Gasteiger partial charge in [0.05, 0.1) is 11.7 Å². The summed E-state index contributed by atoms with van der Waals surface area (Å²) in [5, 5.41) is 4.08. The first-order chi connectivity index (χ1) is 16.4. The standard InChI is InChI=1S/C28H24F2N2O2/c1-18(2)34-27-10-9-19(7-8-20-13-22(29)16-23(30)14-20)15-25(27)28(33)31-12-11-21-17-32-26-6-4-3-5-24(21)26/h3-6,9-10,13-18,32H,11-12H2,1-2H3,(H,31,33). The number of H-pyrrole nitrogens is 1. The van der Waals surface area contributed by atoms with Gasteiger partial charge in [-0.3, -0.25) is 4.79 Å². The number of nitrogens with one attached hydrogen (secondary N) is 2. The largest absolute Gasteiger partial charge is 0.490 e. The molecular weight excluding hydrogens is 434 g/mol. The number of rotatable bonds is 6. The van der Waals surface area contributed by atoms with E-state index in [4.69, 9.17) is 4.74 Å². The zero-order valence-electron chi connectivity index (χ0n) is 18.9. The number of hydrogen-bond donors (Lipinski definition) is 2. The quantitative estimate of drug-likeness (QED) is 0.369.